The standard InChI is InChI=1S/C31H29N9O/c1-39-11-8-19(9-12-39)31(41)36-22-13-20(16-33-18-22)21-14-25-29(37-38-30(25)35-17-21)28-15-24-23(26-6-2-3-10-34-26)5-4-7-27(24)40(28)32/h2-7,10,13-19H,8-9,11-12,32H2,1H3,(H,36,41)(H,35,37,38). The number of benzene rings is 1. The van der Waals surface area contributed by atoms with Crippen LogP contribution in [0.5, 0.6) is 0 Å². The van der Waals surface area contributed by atoms with Crippen LogP contribution < -0.4 is 11.2 Å². The molecule has 10 heteroatoms. The average Bonchev–Trinajstić information content (AvgIpc) is 3.58. The Morgan fingerprint density at radius 3 is 2.66 bits per heavy atom. The summed E-state index contributed by atoms with van der Waals surface area (Å²) in [6.07, 6.45) is 8.73. The minimum absolute atomic E-state index is 0.0163. The zero-order chi connectivity index (χ0) is 27.9. The van der Waals surface area contributed by atoms with Gasteiger partial charge in [-0.25, -0.2) is 4.98 Å². The van der Waals surface area contributed by atoms with E-state index in [0.29, 0.717) is 11.3 Å². The molecule has 0 bridgehead atoms. The molecule has 0 spiro atoms. The first-order chi connectivity index (χ1) is 20.0. The molecule has 6 heterocycles. The lowest BCUT2D eigenvalue weighted by atomic mass is 9.96. The summed E-state index contributed by atoms with van der Waals surface area (Å²) in [6, 6.07) is 17.9. The summed E-state index contributed by atoms with van der Waals surface area (Å²) < 4.78 is 1.67. The Kier molecular flexibility index (Phi) is 6.16. The van der Waals surface area contributed by atoms with Crippen LogP contribution in [-0.2, 0) is 4.79 Å². The van der Waals surface area contributed by atoms with Crippen molar-refractivity contribution in [1.29, 1.82) is 0 Å². The second-order valence-corrected chi connectivity index (χ2v) is 10.6. The molecule has 1 aromatic carbocycles. The van der Waals surface area contributed by atoms with E-state index in [1.165, 1.54) is 0 Å². The molecule has 6 aromatic rings. The van der Waals surface area contributed by atoms with Crippen molar-refractivity contribution in [3.05, 3.63) is 79.4 Å². The Hall–Kier alpha value is -5.09. The highest BCUT2D eigenvalue weighted by Crippen LogP contribution is 2.35. The largest absolute Gasteiger partial charge is 0.339 e. The van der Waals surface area contributed by atoms with Crippen molar-refractivity contribution in [2.45, 2.75) is 12.8 Å². The van der Waals surface area contributed by atoms with Crippen molar-refractivity contribution in [2.24, 2.45) is 5.92 Å². The molecule has 0 radical (unpaired) electrons. The number of rotatable bonds is 5. The lowest BCUT2D eigenvalue weighted by molar-refractivity contribution is -0.121. The third-order valence-electron chi connectivity index (χ3n) is 7.92. The Bertz CT molecular complexity index is 1880. The second-order valence-electron chi connectivity index (χ2n) is 10.6. The number of nitrogens with two attached hydrogens (primary N) is 1. The zero-order valence-corrected chi connectivity index (χ0v) is 22.6. The topological polar surface area (TPSA) is 131 Å². The van der Waals surface area contributed by atoms with E-state index in [9.17, 15) is 4.79 Å². The number of anilines is 1. The second kappa shape index (κ2) is 10.1. The number of hydrogen-bond donors (Lipinski definition) is 3. The number of likely N-dealkylation sites (tertiary alicyclic amines) is 1. The Labute approximate surface area is 236 Å². The van der Waals surface area contributed by atoms with Gasteiger partial charge in [-0.1, -0.05) is 18.2 Å². The summed E-state index contributed by atoms with van der Waals surface area (Å²) in [5, 5.41) is 12.5. The van der Waals surface area contributed by atoms with E-state index in [-0.39, 0.29) is 11.8 Å². The fraction of sp³-hybridized carbons (Fsp3) is 0.194. The maximum Gasteiger partial charge on any atom is 0.227 e. The van der Waals surface area contributed by atoms with Gasteiger partial charge in [-0.2, -0.15) is 5.10 Å². The monoisotopic (exact) mass is 543 g/mol. The van der Waals surface area contributed by atoms with Crippen molar-refractivity contribution in [3.63, 3.8) is 0 Å². The SMILES string of the molecule is CN1CCC(C(=O)Nc2cncc(-c3cnc4n[nH]c(-c5cc6c(-c7ccccn7)cccc6n5N)c4c3)c2)CC1. The van der Waals surface area contributed by atoms with Gasteiger partial charge in [-0.05, 0) is 69.4 Å². The van der Waals surface area contributed by atoms with Crippen LogP contribution in [-0.4, -0.2) is 60.8 Å². The Morgan fingerprint density at radius 1 is 0.976 bits per heavy atom. The van der Waals surface area contributed by atoms with Crippen LogP contribution in [0.2, 0.25) is 0 Å². The number of aromatic amines is 1. The number of pyridine rings is 3. The molecule has 7 rings (SSSR count). The number of nitrogen functional groups attached to an aromatic ring is 1. The van der Waals surface area contributed by atoms with Gasteiger partial charge in [0.1, 0.15) is 0 Å². The number of H-pyrrole nitrogens is 1. The van der Waals surface area contributed by atoms with Crippen LogP contribution in [0.1, 0.15) is 12.8 Å². The molecule has 1 fully saturated rings. The summed E-state index contributed by atoms with van der Waals surface area (Å²) in [7, 11) is 2.09. The lowest BCUT2D eigenvalue weighted by Gasteiger charge is -2.28. The van der Waals surface area contributed by atoms with E-state index in [2.05, 4.69) is 48.5 Å². The van der Waals surface area contributed by atoms with E-state index >= 15 is 0 Å². The summed E-state index contributed by atoms with van der Waals surface area (Å²) in [4.78, 5) is 28.7. The van der Waals surface area contributed by atoms with E-state index in [4.69, 9.17) is 5.84 Å². The highest BCUT2D eigenvalue weighted by atomic mass is 16.1. The molecule has 1 aliphatic heterocycles. The zero-order valence-electron chi connectivity index (χ0n) is 22.6. The van der Waals surface area contributed by atoms with Gasteiger partial charge in [0.25, 0.3) is 0 Å². The molecule has 1 amide bonds. The number of hydrogen-bond acceptors (Lipinski definition) is 7. The molecule has 5 aromatic heterocycles. The number of fused-ring (bicyclic) bond motifs is 2. The van der Waals surface area contributed by atoms with Crippen LogP contribution >= 0.6 is 0 Å². The van der Waals surface area contributed by atoms with Crippen LogP contribution in [0.15, 0.2) is 79.4 Å². The summed E-state index contributed by atoms with van der Waals surface area (Å²) in [5.74, 6) is 6.69. The minimum Gasteiger partial charge on any atom is -0.339 e. The van der Waals surface area contributed by atoms with Gasteiger partial charge in [0, 0.05) is 52.0 Å². The normalized spacial score (nSPS) is 14.6. The molecular weight excluding hydrogens is 514 g/mol. The first kappa shape index (κ1) is 24.9. The van der Waals surface area contributed by atoms with Gasteiger partial charge in [0.15, 0.2) is 5.65 Å². The predicted molar refractivity (Wildman–Crippen MR) is 160 cm³/mol. The summed E-state index contributed by atoms with van der Waals surface area (Å²) >= 11 is 0. The first-order valence-corrected chi connectivity index (χ1v) is 13.7. The summed E-state index contributed by atoms with van der Waals surface area (Å²) in [6.45, 7) is 1.86. The molecule has 0 atom stereocenters. The third kappa shape index (κ3) is 4.57. The number of piperidine rings is 1. The maximum absolute atomic E-state index is 12.9. The first-order valence-electron chi connectivity index (χ1n) is 13.7. The Balaban J connectivity index is 1.23. The number of amides is 1. The van der Waals surface area contributed by atoms with Crippen molar-refractivity contribution in [2.75, 3.05) is 31.3 Å². The number of aromatic nitrogens is 6. The number of nitrogens with one attached hydrogen (secondary N) is 2. The van der Waals surface area contributed by atoms with Gasteiger partial charge in [0.2, 0.25) is 5.91 Å². The van der Waals surface area contributed by atoms with E-state index in [1.54, 1.807) is 29.5 Å². The molecule has 1 saturated heterocycles. The third-order valence-corrected chi connectivity index (χ3v) is 7.92. The number of carbonyl (C=O) groups is 1. The van der Waals surface area contributed by atoms with Crippen LogP contribution in [0.25, 0.3) is 55.7 Å². The van der Waals surface area contributed by atoms with Gasteiger partial charge < -0.3 is 16.1 Å². The van der Waals surface area contributed by atoms with Crippen LogP contribution in [0, 0.1) is 5.92 Å². The smallest absolute Gasteiger partial charge is 0.227 e. The maximum atomic E-state index is 12.9. The van der Waals surface area contributed by atoms with Crippen molar-refractivity contribution in [3.8, 4) is 33.8 Å². The molecule has 4 N–H and O–H groups in total. The van der Waals surface area contributed by atoms with Crippen LogP contribution in [0.4, 0.5) is 5.69 Å². The highest BCUT2D eigenvalue weighted by molar-refractivity contribution is 6.01. The van der Waals surface area contributed by atoms with Crippen LogP contribution in [0.3, 0.4) is 0 Å². The van der Waals surface area contributed by atoms with Gasteiger partial charge in [-0.15, -0.1) is 0 Å². The Morgan fingerprint density at radius 2 is 1.83 bits per heavy atom. The molecule has 204 valence electrons. The van der Waals surface area contributed by atoms with Gasteiger partial charge in [-0.3, -0.25) is 24.5 Å². The minimum atomic E-state index is 0.0163. The summed E-state index contributed by atoms with van der Waals surface area (Å²) in [5.41, 5.74) is 7.26. The molecule has 0 unspecified atom stereocenters. The number of nitrogens with zero attached hydrogens (tertiary/aromatic N) is 6. The van der Waals surface area contributed by atoms with E-state index < -0.39 is 0 Å². The molecular formula is C31H29N9O. The van der Waals surface area contributed by atoms with Crippen molar-refractivity contribution >= 4 is 33.5 Å². The quantitative estimate of drug-likeness (QED) is 0.269. The van der Waals surface area contributed by atoms with Crippen molar-refractivity contribution in [1.82, 2.24) is 34.7 Å². The molecule has 0 saturated carbocycles. The highest BCUT2D eigenvalue weighted by Gasteiger charge is 2.24. The fourth-order valence-electron chi connectivity index (χ4n) is 5.62. The molecule has 10 nitrogen and oxygen atoms in total. The lowest BCUT2D eigenvalue weighted by Crippen LogP contribution is -2.35. The average molecular weight is 544 g/mol. The fourth-order valence-corrected chi connectivity index (χ4v) is 5.62. The van der Waals surface area contributed by atoms with Gasteiger partial charge in [0.05, 0.1) is 34.5 Å². The predicted octanol–water partition coefficient (Wildman–Crippen LogP) is 4.70. The molecule has 41 heavy (non-hydrogen) atoms. The van der Waals surface area contributed by atoms with E-state index in [0.717, 1.165) is 76.0 Å². The van der Waals surface area contributed by atoms with Crippen molar-refractivity contribution < 1.29 is 4.79 Å². The van der Waals surface area contributed by atoms with Gasteiger partial charge >= 0.3 is 0 Å². The molecule has 1 aliphatic rings. The van der Waals surface area contributed by atoms with E-state index in [1.807, 2.05) is 48.5 Å². The number of carbonyl (C=O) groups excluding carboxylic acids is 1. The molecule has 0 aliphatic carbocycles.